The van der Waals surface area contributed by atoms with Crippen LogP contribution in [0.4, 0.5) is 0 Å². The largest absolute Gasteiger partial charge is 0.457 e. The number of halogens is 1. The minimum atomic E-state index is -1.11. The van der Waals surface area contributed by atoms with Gasteiger partial charge in [-0.3, -0.25) is 0 Å². The first kappa shape index (κ1) is 14.7. The number of benzene rings is 1. The Labute approximate surface area is 112 Å². The fourth-order valence-electron chi connectivity index (χ4n) is 1.33. The summed E-state index contributed by atoms with van der Waals surface area (Å²) in [4.78, 5) is 11.7. The maximum Gasteiger partial charge on any atom is 0.336 e. The number of rotatable bonds is 3. The minimum Gasteiger partial charge on any atom is -0.457 e. The fourth-order valence-corrected chi connectivity index (χ4v) is 1.53. The highest BCUT2D eigenvalue weighted by molar-refractivity contribution is 6.30. The van der Waals surface area contributed by atoms with Crippen LogP contribution < -0.4 is 0 Å². The number of aliphatic hydroxyl groups excluding tert-OH is 1. The van der Waals surface area contributed by atoms with Crippen molar-refractivity contribution in [2.45, 2.75) is 32.5 Å². The Bertz CT molecular complexity index is 460. The van der Waals surface area contributed by atoms with Crippen LogP contribution in [0.25, 0.3) is 0 Å². The van der Waals surface area contributed by atoms with Crippen LogP contribution >= 0.6 is 11.6 Å². The summed E-state index contributed by atoms with van der Waals surface area (Å²) < 4.78 is 5.14. The number of carbonyl (C=O) groups excluding carboxylic acids is 1. The summed E-state index contributed by atoms with van der Waals surface area (Å²) in [6, 6.07) is 6.64. The summed E-state index contributed by atoms with van der Waals surface area (Å²) in [5, 5.41) is 10.5. The lowest BCUT2D eigenvalue weighted by Gasteiger charge is -2.22. The number of esters is 1. The van der Waals surface area contributed by atoms with Gasteiger partial charge in [-0.05, 0) is 38.5 Å². The molecule has 0 aromatic heterocycles. The minimum absolute atomic E-state index is 0.00723. The summed E-state index contributed by atoms with van der Waals surface area (Å²) in [7, 11) is 0. The van der Waals surface area contributed by atoms with E-state index in [0.717, 1.165) is 0 Å². The van der Waals surface area contributed by atoms with E-state index in [1.165, 1.54) is 0 Å². The van der Waals surface area contributed by atoms with Gasteiger partial charge in [0, 0.05) is 5.02 Å². The van der Waals surface area contributed by atoms with Crippen molar-refractivity contribution in [3.63, 3.8) is 0 Å². The zero-order valence-corrected chi connectivity index (χ0v) is 11.5. The zero-order valence-electron chi connectivity index (χ0n) is 10.7. The SMILES string of the molecule is C=C(C(=O)OC(C)(C)C)C(O)c1cccc(Cl)c1. The first-order valence-corrected chi connectivity index (χ1v) is 5.94. The molecule has 0 aliphatic rings. The Morgan fingerprint density at radius 1 is 1.44 bits per heavy atom. The number of aliphatic hydroxyl groups is 1. The third-order valence-electron chi connectivity index (χ3n) is 2.16. The van der Waals surface area contributed by atoms with E-state index in [-0.39, 0.29) is 5.57 Å². The van der Waals surface area contributed by atoms with E-state index in [2.05, 4.69) is 6.58 Å². The summed E-state index contributed by atoms with van der Waals surface area (Å²) in [6.45, 7) is 8.84. The van der Waals surface area contributed by atoms with Crippen molar-refractivity contribution in [3.8, 4) is 0 Å². The van der Waals surface area contributed by atoms with Crippen molar-refractivity contribution < 1.29 is 14.6 Å². The second-order valence-corrected chi connectivity index (χ2v) is 5.42. The van der Waals surface area contributed by atoms with Gasteiger partial charge in [-0.25, -0.2) is 4.79 Å². The molecule has 1 aromatic rings. The van der Waals surface area contributed by atoms with Crippen molar-refractivity contribution >= 4 is 17.6 Å². The van der Waals surface area contributed by atoms with Crippen molar-refractivity contribution in [1.29, 1.82) is 0 Å². The number of ether oxygens (including phenoxy) is 1. The topological polar surface area (TPSA) is 46.5 Å². The highest BCUT2D eigenvalue weighted by atomic mass is 35.5. The fraction of sp³-hybridized carbons (Fsp3) is 0.357. The molecular formula is C14H17ClO3. The molecule has 0 saturated heterocycles. The van der Waals surface area contributed by atoms with Crippen molar-refractivity contribution in [2.24, 2.45) is 0 Å². The molecule has 3 nitrogen and oxygen atoms in total. The van der Waals surface area contributed by atoms with Crippen LogP contribution in [0.1, 0.15) is 32.4 Å². The molecule has 0 spiro atoms. The first-order chi connectivity index (χ1) is 8.20. The molecule has 1 N–H and O–H groups in total. The average Bonchev–Trinajstić information content (AvgIpc) is 2.24. The quantitative estimate of drug-likeness (QED) is 0.676. The maximum absolute atomic E-state index is 11.7. The lowest BCUT2D eigenvalue weighted by Crippen LogP contribution is -2.26. The van der Waals surface area contributed by atoms with Crippen molar-refractivity contribution in [2.75, 3.05) is 0 Å². The molecule has 0 amide bonds. The number of hydrogen-bond donors (Lipinski definition) is 1. The molecule has 0 radical (unpaired) electrons. The van der Waals surface area contributed by atoms with Gasteiger partial charge in [-0.2, -0.15) is 0 Å². The van der Waals surface area contributed by atoms with Crippen LogP contribution in [0.3, 0.4) is 0 Å². The van der Waals surface area contributed by atoms with Crippen LogP contribution in [0.2, 0.25) is 5.02 Å². The van der Waals surface area contributed by atoms with Crippen LogP contribution in [0.15, 0.2) is 36.4 Å². The smallest absolute Gasteiger partial charge is 0.336 e. The van der Waals surface area contributed by atoms with Gasteiger partial charge in [0.25, 0.3) is 0 Å². The maximum atomic E-state index is 11.7. The molecule has 4 heteroatoms. The van der Waals surface area contributed by atoms with Crippen LogP contribution in [-0.4, -0.2) is 16.7 Å². The average molecular weight is 269 g/mol. The molecule has 1 atom stereocenters. The molecule has 0 bridgehead atoms. The van der Waals surface area contributed by atoms with Crippen molar-refractivity contribution in [1.82, 2.24) is 0 Å². The molecule has 0 heterocycles. The molecule has 18 heavy (non-hydrogen) atoms. The second-order valence-electron chi connectivity index (χ2n) is 4.98. The Balaban J connectivity index is 2.81. The van der Waals surface area contributed by atoms with Gasteiger partial charge in [0.1, 0.15) is 11.7 Å². The van der Waals surface area contributed by atoms with Crippen LogP contribution in [0, 0.1) is 0 Å². The van der Waals surface area contributed by atoms with E-state index < -0.39 is 17.7 Å². The van der Waals surface area contributed by atoms with Gasteiger partial charge in [-0.1, -0.05) is 30.3 Å². The third kappa shape index (κ3) is 4.17. The lowest BCUT2D eigenvalue weighted by molar-refractivity contribution is -0.151. The van der Waals surface area contributed by atoms with Gasteiger partial charge in [0.05, 0.1) is 5.57 Å². The van der Waals surface area contributed by atoms with Gasteiger partial charge < -0.3 is 9.84 Å². The third-order valence-corrected chi connectivity index (χ3v) is 2.39. The number of carbonyl (C=O) groups is 1. The molecule has 0 saturated carbocycles. The second kappa shape index (κ2) is 5.55. The highest BCUT2D eigenvalue weighted by Crippen LogP contribution is 2.25. The molecule has 0 aliphatic heterocycles. The van der Waals surface area contributed by atoms with Gasteiger partial charge >= 0.3 is 5.97 Å². The highest BCUT2D eigenvalue weighted by Gasteiger charge is 2.24. The normalized spacial score (nSPS) is 12.9. The summed E-state index contributed by atoms with van der Waals surface area (Å²) in [5.41, 5.74) is -0.112. The monoisotopic (exact) mass is 268 g/mol. The Kier molecular flexibility index (Phi) is 4.54. The lowest BCUT2D eigenvalue weighted by atomic mass is 10.0. The predicted molar refractivity (Wildman–Crippen MR) is 71.4 cm³/mol. The Morgan fingerprint density at radius 3 is 2.56 bits per heavy atom. The van der Waals surface area contributed by atoms with E-state index in [4.69, 9.17) is 16.3 Å². The Hall–Kier alpha value is -1.32. The van der Waals surface area contributed by atoms with E-state index in [0.29, 0.717) is 10.6 Å². The van der Waals surface area contributed by atoms with Gasteiger partial charge in [0.15, 0.2) is 0 Å². The standard InChI is InChI=1S/C14H17ClO3/c1-9(13(17)18-14(2,3)4)12(16)10-6-5-7-11(15)8-10/h5-8,12,16H,1H2,2-4H3. The molecule has 0 fully saturated rings. The van der Waals surface area contributed by atoms with E-state index in [1.54, 1.807) is 45.0 Å². The Morgan fingerprint density at radius 2 is 2.06 bits per heavy atom. The van der Waals surface area contributed by atoms with Crippen molar-refractivity contribution in [3.05, 3.63) is 47.0 Å². The van der Waals surface area contributed by atoms with E-state index in [9.17, 15) is 9.90 Å². The molecule has 1 unspecified atom stereocenters. The molecule has 1 rings (SSSR count). The molecular weight excluding hydrogens is 252 g/mol. The van der Waals surface area contributed by atoms with E-state index >= 15 is 0 Å². The van der Waals surface area contributed by atoms with Gasteiger partial charge in [-0.15, -0.1) is 0 Å². The summed E-state index contributed by atoms with van der Waals surface area (Å²) in [5.74, 6) is -0.616. The van der Waals surface area contributed by atoms with E-state index in [1.807, 2.05) is 0 Å². The van der Waals surface area contributed by atoms with Gasteiger partial charge in [0.2, 0.25) is 0 Å². The molecule has 0 aliphatic carbocycles. The zero-order chi connectivity index (χ0) is 13.9. The summed E-state index contributed by atoms with van der Waals surface area (Å²) >= 11 is 5.82. The first-order valence-electron chi connectivity index (χ1n) is 5.56. The summed E-state index contributed by atoms with van der Waals surface area (Å²) in [6.07, 6.45) is -1.11. The molecule has 98 valence electrons. The number of hydrogen-bond acceptors (Lipinski definition) is 3. The van der Waals surface area contributed by atoms with Crippen LogP contribution in [0.5, 0.6) is 0 Å². The van der Waals surface area contributed by atoms with Crippen LogP contribution in [-0.2, 0) is 9.53 Å². The molecule has 1 aromatic carbocycles. The predicted octanol–water partition coefficient (Wildman–Crippen LogP) is 3.27.